The van der Waals surface area contributed by atoms with E-state index in [0.717, 1.165) is 39.0 Å². The predicted molar refractivity (Wildman–Crippen MR) is 77.9 cm³/mol. The molecule has 112 valence electrons. The maximum atomic E-state index is 12.1. The van der Waals surface area contributed by atoms with Gasteiger partial charge in [0.15, 0.2) is 0 Å². The summed E-state index contributed by atoms with van der Waals surface area (Å²) >= 11 is 0. The Kier molecular flexibility index (Phi) is 6.80. The number of hydrogen-bond donors (Lipinski definition) is 1. The lowest BCUT2D eigenvalue weighted by Gasteiger charge is -2.29. The lowest BCUT2D eigenvalue weighted by Crippen LogP contribution is -2.35. The van der Waals surface area contributed by atoms with Crippen LogP contribution in [0.5, 0.6) is 0 Å². The molecule has 0 radical (unpaired) electrons. The first-order valence-corrected chi connectivity index (χ1v) is 7.46. The van der Waals surface area contributed by atoms with Gasteiger partial charge in [-0.3, -0.25) is 4.79 Å². The van der Waals surface area contributed by atoms with Gasteiger partial charge in [0.25, 0.3) is 0 Å². The van der Waals surface area contributed by atoms with Crippen molar-refractivity contribution in [3.8, 4) is 0 Å². The molecule has 1 aliphatic rings. The van der Waals surface area contributed by atoms with Crippen molar-refractivity contribution in [3.63, 3.8) is 0 Å². The van der Waals surface area contributed by atoms with Gasteiger partial charge in [-0.2, -0.15) is 0 Å². The zero-order valence-electron chi connectivity index (χ0n) is 12.8. The summed E-state index contributed by atoms with van der Waals surface area (Å²) in [5, 5.41) is 0. The molecule has 0 saturated carbocycles. The van der Waals surface area contributed by atoms with Crippen molar-refractivity contribution < 1.29 is 9.53 Å². The Bertz CT molecular complexity index is 273. The normalized spacial score (nSPS) is 20.3. The zero-order valence-corrected chi connectivity index (χ0v) is 12.8. The van der Waals surface area contributed by atoms with E-state index < -0.39 is 0 Å². The van der Waals surface area contributed by atoms with Crippen molar-refractivity contribution in [1.29, 1.82) is 0 Å². The summed E-state index contributed by atoms with van der Waals surface area (Å²) in [5.74, 6) is 0.760. The van der Waals surface area contributed by atoms with Crippen molar-refractivity contribution in [3.05, 3.63) is 0 Å². The fourth-order valence-corrected chi connectivity index (χ4v) is 2.59. The van der Waals surface area contributed by atoms with Gasteiger partial charge in [-0.05, 0) is 43.6 Å². The minimum atomic E-state index is 0.166. The van der Waals surface area contributed by atoms with E-state index in [-0.39, 0.29) is 11.3 Å². The summed E-state index contributed by atoms with van der Waals surface area (Å²) in [5.41, 5.74) is 5.76. The smallest absolute Gasteiger partial charge is 0.222 e. The standard InChI is InChI=1S/C15H30N2O2/c1-15(2,8-9-16)7-6-14(18)17(3)11-13-5-4-10-19-12-13/h13H,4-12,16H2,1-3H3. The van der Waals surface area contributed by atoms with E-state index in [1.807, 2.05) is 11.9 Å². The van der Waals surface area contributed by atoms with E-state index in [2.05, 4.69) is 13.8 Å². The number of nitrogens with two attached hydrogens (primary N) is 1. The van der Waals surface area contributed by atoms with Crippen LogP contribution in [0, 0.1) is 11.3 Å². The highest BCUT2D eigenvalue weighted by Gasteiger charge is 2.22. The Morgan fingerprint density at radius 1 is 1.42 bits per heavy atom. The van der Waals surface area contributed by atoms with Crippen molar-refractivity contribution in [2.45, 2.75) is 46.0 Å². The van der Waals surface area contributed by atoms with Gasteiger partial charge in [-0.15, -0.1) is 0 Å². The summed E-state index contributed by atoms with van der Waals surface area (Å²) in [4.78, 5) is 14.0. The van der Waals surface area contributed by atoms with Crippen LogP contribution in [0.25, 0.3) is 0 Å². The van der Waals surface area contributed by atoms with Crippen LogP contribution >= 0.6 is 0 Å². The van der Waals surface area contributed by atoms with Crippen molar-refractivity contribution >= 4 is 5.91 Å². The fraction of sp³-hybridized carbons (Fsp3) is 0.933. The molecule has 0 aromatic rings. The highest BCUT2D eigenvalue weighted by atomic mass is 16.5. The summed E-state index contributed by atoms with van der Waals surface area (Å²) in [6, 6.07) is 0. The van der Waals surface area contributed by atoms with Gasteiger partial charge >= 0.3 is 0 Å². The topological polar surface area (TPSA) is 55.6 Å². The number of carbonyl (C=O) groups excluding carboxylic acids is 1. The van der Waals surface area contributed by atoms with Crippen LogP contribution in [0.15, 0.2) is 0 Å². The summed E-state index contributed by atoms with van der Waals surface area (Å²) in [6.07, 6.45) is 4.80. The van der Waals surface area contributed by atoms with E-state index >= 15 is 0 Å². The van der Waals surface area contributed by atoms with E-state index in [1.165, 1.54) is 6.42 Å². The molecule has 1 unspecified atom stereocenters. The average Bonchev–Trinajstić information content (AvgIpc) is 2.37. The molecule has 4 nitrogen and oxygen atoms in total. The predicted octanol–water partition coefficient (Wildman–Crippen LogP) is 2.03. The van der Waals surface area contributed by atoms with Gasteiger partial charge in [-0.25, -0.2) is 0 Å². The van der Waals surface area contributed by atoms with Gasteiger partial charge in [-0.1, -0.05) is 13.8 Å². The molecule has 1 heterocycles. The maximum Gasteiger partial charge on any atom is 0.222 e. The molecule has 1 saturated heterocycles. The molecule has 19 heavy (non-hydrogen) atoms. The first-order valence-electron chi connectivity index (χ1n) is 7.46. The molecule has 1 rings (SSSR count). The lowest BCUT2D eigenvalue weighted by molar-refractivity contribution is -0.131. The molecule has 0 aromatic heterocycles. The molecule has 0 spiro atoms. The second-order valence-corrected chi connectivity index (χ2v) is 6.56. The third-order valence-electron chi connectivity index (χ3n) is 4.05. The number of rotatable bonds is 7. The van der Waals surface area contributed by atoms with E-state index in [4.69, 9.17) is 10.5 Å². The van der Waals surface area contributed by atoms with Crippen molar-refractivity contribution in [1.82, 2.24) is 4.90 Å². The minimum absolute atomic E-state index is 0.166. The number of carbonyl (C=O) groups is 1. The van der Waals surface area contributed by atoms with Gasteiger partial charge in [0.1, 0.15) is 0 Å². The van der Waals surface area contributed by atoms with Crippen LogP contribution in [0.3, 0.4) is 0 Å². The van der Waals surface area contributed by atoms with Crippen LogP contribution in [-0.4, -0.2) is 44.2 Å². The number of nitrogens with zero attached hydrogens (tertiary/aromatic N) is 1. The third kappa shape index (κ3) is 6.39. The number of amides is 1. The van der Waals surface area contributed by atoms with Crippen molar-refractivity contribution in [2.24, 2.45) is 17.1 Å². The Morgan fingerprint density at radius 3 is 2.74 bits per heavy atom. The molecule has 1 fully saturated rings. The quantitative estimate of drug-likeness (QED) is 0.770. The van der Waals surface area contributed by atoms with Gasteiger partial charge in [0, 0.05) is 26.6 Å². The molecule has 0 bridgehead atoms. The van der Waals surface area contributed by atoms with E-state index in [1.54, 1.807) is 0 Å². The summed E-state index contributed by atoms with van der Waals surface area (Å²) < 4.78 is 5.46. The average molecular weight is 270 g/mol. The van der Waals surface area contributed by atoms with E-state index in [9.17, 15) is 4.79 Å². The van der Waals surface area contributed by atoms with Crippen LogP contribution in [-0.2, 0) is 9.53 Å². The monoisotopic (exact) mass is 270 g/mol. The Morgan fingerprint density at radius 2 is 2.16 bits per heavy atom. The summed E-state index contributed by atoms with van der Waals surface area (Å²) in [6.45, 7) is 7.56. The Labute approximate surface area is 117 Å². The first-order chi connectivity index (χ1) is 8.94. The second kappa shape index (κ2) is 7.85. The molecule has 1 amide bonds. The largest absolute Gasteiger partial charge is 0.381 e. The van der Waals surface area contributed by atoms with Crippen LogP contribution < -0.4 is 5.73 Å². The summed E-state index contributed by atoms with van der Waals surface area (Å²) in [7, 11) is 1.91. The number of ether oxygens (including phenoxy) is 1. The SMILES string of the molecule is CN(CC1CCCOC1)C(=O)CCC(C)(C)CCN. The van der Waals surface area contributed by atoms with Crippen LogP contribution in [0.2, 0.25) is 0 Å². The maximum absolute atomic E-state index is 12.1. The molecule has 1 atom stereocenters. The molecular formula is C15H30N2O2. The molecule has 0 aliphatic carbocycles. The minimum Gasteiger partial charge on any atom is -0.381 e. The molecular weight excluding hydrogens is 240 g/mol. The number of hydrogen-bond acceptors (Lipinski definition) is 3. The third-order valence-corrected chi connectivity index (χ3v) is 4.05. The van der Waals surface area contributed by atoms with Crippen LogP contribution in [0.4, 0.5) is 0 Å². The van der Waals surface area contributed by atoms with Gasteiger partial charge < -0.3 is 15.4 Å². The Hall–Kier alpha value is -0.610. The van der Waals surface area contributed by atoms with Gasteiger partial charge in [0.05, 0.1) is 6.61 Å². The van der Waals surface area contributed by atoms with Gasteiger partial charge in [0.2, 0.25) is 5.91 Å². The zero-order chi connectivity index (χ0) is 14.3. The first kappa shape index (κ1) is 16.4. The highest BCUT2D eigenvalue weighted by molar-refractivity contribution is 5.75. The molecule has 4 heteroatoms. The van der Waals surface area contributed by atoms with Crippen LogP contribution in [0.1, 0.15) is 46.0 Å². The molecule has 2 N–H and O–H groups in total. The molecule has 0 aromatic carbocycles. The highest BCUT2D eigenvalue weighted by Crippen LogP contribution is 2.26. The Balaban J connectivity index is 2.27. The fourth-order valence-electron chi connectivity index (χ4n) is 2.59. The lowest BCUT2D eigenvalue weighted by atomic mass is 9.84. The van der Waals surface area contributed by atoms with E-state index in [0.29, 0.717) is 18.9 Å². The second-order valence-electron chi connectivity index (χ2n) is 6.56. The van der Waals surface area contributed by atoms with Crippen molar-refractivity contribution in [2.75, 3.05) is 33.4 Å². The molecule has 1 aliphatic heterocycles.